The summed E-state index contributed by atoms with van der Waals surface area (Å²) in [6.45, 7) is 5.71. The van der Waals surface area contributed by atoms with Gasteiger partial charge in [-0.2, -0.15) is 5.10 Å². The number of rotatable bonds is 3. The van der Waals surface area contributed by atoms with Crippen LogP contribution in [0.25, 0.3) is 0 Å². The van der Waals surface area contributed by atoms with Gasteiger partial charge in [0, 0.05) is 25.4 Å². The molecule has 0 radical (unpaired) electrons. The van der Waals surface area contributed by atoms with Crippen molar-refractivity contribution in [2.24, 2.45) is 13.0 Å². The van der Waals surface area contributed by atoms with Gasteiger partial charge < -0.3 is 10.6 Å². The van der Waals surface area contributed by atoms with Gasteiger partial charge in [-0.05, 0) is 26.8 Å². The molecule has 1 amide bonds. The van der Waals surface area contributed by atoms with Crippen molar-refractivity contribution in [3.8, 4) is 0 Å². The highest BCUT2D eigenvalue weighted by atomic mass is 35.5. The summed E-state index contributed by atoms with van der Waals surface area (Å²) in [5, 5.41) is 10.6. The third kappa shape index (κ3) is 3.23. The van der Waals surface area contributed by atoms with Crippen LogP contribution >= 0.6 is 12.4 Å². The molecule has 2 N–H and O–H groups in total. The number of amides is 1. The summed E-state index contributed by atoms with van der Waals surface area (Å²) >= 11 is 0. The summed E-state index contributed by atoms with van der Waals surface area (Å²) in [4.78, 5) is 12.0. The van der Waals surface area contributed by atoms with Crippen molar-refractivity contribution in [1.82, 2.24) is 20.4 Å². The molecule has 18 heavy (non-hydrogen) atoms. The van der Waals surface area contributed by atoms with E-state index in [9.17, 15) is 4.79 Å². The van der Waals surface area contributed by atoms with Gasteiger partial charge in [0.15, 0.2) is 0 Å². The van der Waals surface area contributed by atoms with Crippen molar-refractivity contribution in [2.45, 2.75) is 26.3 Å². The third-order valence-corrected chi connectivity index (χ3v) is 3.31. The van der Waals surface area contributed by atoms with Gasteiger partial charge in [-0.15, -0.1) is 12.4 Å². The Bertz CT molecular complexity index is 412. The van der Waals surface area contributed by atoms with Gasteiger partial charge in [0.2, 0.25) is 5.91 Å². The molecule has 0 aliphatic carbocycles. The Kier molecular flexibility index (Phi) is 5.16. The van der Waals surface area contributed by atoms with E-state index in [0.29, 0.717) is 0 Å². The first-order chi connectivity index (χ1) is 8.08. The average molecular weight is 273 g/mol. The quantitative estimate of drug-likeness (QED) is 0.861. The largest absolute Gasteiger partial charge is 0.349 e. The maximum atomic E-state index is 12.0. The topological polar surface area (TPSA) is 59.0 Å². The number of aromatic nitrogens is 2. The lowest BCUT2D eigenvalue weighted by molar-refractivity contribution is -0.125. The zero-order valence-electron chi connectivity index (χ0n) is 11.1. The van der Waals surface area contributed by atoms with Gasteiger partial charge in [-0.25, -0.2) is 0 Å². The number of nitrogens with one attached hydrogen (secondary N) is 2. The van der Waals surface area contributed by atoms with Crippen LogP contribution in [0.15, 0.2) is 6.20 Å². The zero-order chi connectivity index (χ0) is 12.4. The molecule has 1 fully saturated rings. The molecule has 2 heterocycles. The predicted molar refractivity (Wildman–Crippen MR) is 72.7 cm³/mol. The van der Waals surface area contributed by atoms with Crippen LogP contribution in [0.3, 0.4) is 0 Å². The van der Waals surface area contributed by atoms with Crippen molar-refractivity contribution in [1.29, 1.82) is 0 Å². The normalized spacial score (nSPS) is 20.3. The maximum absolute atomic E-state index is 12.0. The Balaban J connectivity index is 0.00000162. The average Bonchev–Trinajstić information content (AvgIpc) is 2.87. The lowest BCUT2D eigenvalue weighted by Gasteiger charge is -2.16. The molecule has 2 unspecified atom stereocenters. The maximum Gasteiger partial charge on any atom is 0.224 e. The molecule has 0 aromatic carbocycles. The van der Waals surface area contributed by atoms with Crippen LogP contribution in [-0.2, 0) is 11.8 Å². The van der Waals surface area contributed by atoms with Gasteiger partial charge in [-0.1, -0.05) is 0 Å². The van der Waals surface area contributed by atoms with Crippen LogP contribution in [-0.4, -0.2) is 28.8 Å². The summed E-state index contributed by atoms with van der Waals surface area (Å²) in [5.74, 6) is 0.264. The van der Waals surface area contributed by atoms with E-state index in [1.165, 1.54) is 0 Å². The molecule has 0 saturated carbocycles. The minimum absolute atomic E-state index is 0. The Labute approximate surface area is 114 Å². The molecule has 0 bridgehead atoms. The smallest absolute Gasteiger partial charge is 0.224 e. The molecule has 1 aromatic rings. The van der Waals surface area contributed by atoms with Gasteiger partial charge >= 0.3 is 0 Å². The summed E-state index contributed by atoms with van der Waals surface area (Å²) in [6.07, 6.45) is 2.90. The van der Waals surface area contributed by atoms with Crippen molar-refractivity contribution in [3.63, 3.8) is 0 Å². The number of nitrogens with zero attached hydrogens (tertiary/aromatic N) is 2. The Hall–Kier alpha value is -1.07. The third-order valence-electron chi connectivity index (χ3n) is 3.31. The van der Waals surface area contributed by atoms with E-state index in [0.717, 1.165) is 30.8 Å². The first-order valence-corrected chi connectivity index (χ1v) is 6.09. The van der Waals surface area contributed by atoms with Crippen LogP contribution in [0, 0.1) is 12.8 Å². The van der Waals surface area contributed by atoms with Crippen LogP contribution in [0.4, 0.5) is 0 Å². The summed E-state index contributed by atoms with van der Waals surface area (Å²) in [5.41, 5.74) is 2.07. The Morgan fingerprint density at radius 2 is 2.39 bits per heavy atom. The molecule has 1 aromatic heterocycles. The van der Waals surface area contributed by atoms with Crippen LogP contribution in [0.5, 0.6) is 0 Å². The van der Waals surface area contributed by atoms with Gasteiger partial charge in [0.1, 0.15) is 0 Å². The van der Waals surface area contributed by atoms with Crippen molar-refractivity contribution in [3.05, 3.63) is 17.5 Å². The SMILES string of the molecule is Cc1nn(C)cc1C(C)NC(=O)C1CCNC1.Cl. The molecule has 1 aliphatic heterocycles. The van der Waals surface area contributed by atoms with Crippen molar-refractivity contribution in [2.75, 3.05) is 13.1 Å². The highest BCUT2D eigenvalue weighted by Crippen LogP contribution is 2.17. The molecule has 1 saturated heterocycles. The van der Waals surface area contributed by atoms with E-state index in [2.05, 4.69) is 15.7 Å². The zero-order valence-corrected chi connectivity index (χ0v) is 11.9. The number of carbonyl (C=O) groups is 1. The standard InChI is InChI=1S/C12H20N4O.ClH/c1-8(11-7-16(3)15-9(11)2)14-12(17)10-4-5-13-6-10;/h7-8,10,13H,4-6H2,1-3H3,(H,14,17);1H. The number of halogens is 1. The van der Waals surface area contributed by atoms with E-state index in [1.807, 2.05) is 27.1 Å². The summed E-state index contributed by atoms with van der Waals surface area (Å²) in [6, 6.07) is 0.0248. The second-order valence-electron chi connectivity index (χ2n) is 4.76. The highest BCUT2D eigenvalue weighted by Gasteiger charge is 2.24. The predicted octanol–water partition coefficient (Wildman–Crippen LogP) is 0.937. The van der Waals surface area contributed by atoms with Crippen molar-refractivity contribution >= 4 is 18.3 Å². The summed E-state index contributed by atoms with van der Waals surface area (Å²) in [7, 11) is 1.89. The first-order valence-electron chi connectivity index (χ1n) is 6.09. The number of carbonyl (C=O) groups excluding carboxylic acids is 1. The lowest BCUT2D eigenvalue weighted by Crippen LogP contribution is -2.33. The molecule has 1 aliphatic rings. The van der Waals surface area contributed by atoms with Gasteiger partial charge in [-0.3, -0.25) is 9.48 Å². The van der Waals surface area contributed by atoms with Crippen molar-refractivity contribution < 1.29 is 4.79 Å². The van der Waals surface area contributed by atoms with Crippen LogP contribution < -0.4 is 10.6 Å². The first kappa shape index (κ1) is 15.0. The molecule has 5 nitrogen and oxygen atoms in total. The molecule has 6 heteroatoms. The van der Waals surface area contributed by atoms with E-state index < -0.39 is 0 Å². The fraction of sp³-hybridized carbons (Fsp3) is 0.667. The minimum atomic E-state index is 0. The second kappa shape index (κ2) is 6.20. The monoisotopic (exact) mass is 272 g/mol. The molecule has 2 atom stereocenters. The number of hydrogen-bond acceptors (Lipinski definition) is 3. The Morgan fingerprint density at radius 1 is 1.67 bits per heavy atom. The molecular weight excluding hydrogens is 252 g/mol. The highest BCUT2D eigenvalue weighted by molar-refractivity contribution is 5.85. The molecule has 2 rings (SSSR count). The molecule has 0 spiro atoms. The molecular formula is C12H21ClN4O. The van der Waals surface area contributed by atoms with Gasteiger partial charge in [0.05, 0.1) is 17.7 Å². The van der Waals surface area contributed by atoms with E-state index in [4.69, 9.17) is 0 Å². The summed E-state index contributed by atoms with van der Waals surface area (Å²) < 4.78 is 1.78. The van der Waals surface area contributed by atoms with Crippen LogP contribution in [0.2, 0.25) is 0 Å². The fourth-order valence-corrected chi connectivity index (χ4v) is 2.33. The van der Waals surface area contributed by atoms with E-state index in [-0.39, 0.29) is 30.3 Å². The Morgan fingerprint density at radius 3 is 2.89 bits per heavy atom. The fourth-order valence-electron chi connectivity index (χ4n) is 2.33. The number of hydrogen-bond donors (Lipinski definition) is 2. The molecule has 102 valence electrons. The minimum Gasteiger partial charge on any atom is -0.349 e. The lowest BCUT2D eigenvalue weighted by atomic mass is 10.1. The van der Waals surface area contributed by atoms with Crippen LogP contribution in [0.1, 0.15) is 30.6 Å². The second-order valence-corrected chi connectivity index (χ2v) is 4.76. The number of aryl methyl sites for hydroxylation is 2. The van der Waals surface area contributed by atoms with E-state index >= 15 is 0 Å². The van der Waals surface area contributed by atoms with Gasteiger partial charge in [0.25, 0.3) is 0 Å². The van der Waals surface area contributed by atoms with E-state index in [1.54, 1.807) is 4.68 Å².